The summed E-state index contributed by atoms with van der Waals surface area (Å²) in [5.41, 5.74) is 5.77. The van der Waals surface area contributed by atoms with Gasteiger partial charge in [0.1, 0.15) is 0 Å². The second-order valence-corrected chi connectivity index (χ2v) is 2.90. The van der Waals surface area contributed by atoms with Crippen LogP contribution in [0, 0.1) is 0 Å². The quantitative estimate of drug-likeness (QED) is 0.702. The summed E-state index contributed by atoms with van der Waals surface area (Å²) >= 11 is 0. The van der Waals surface area contributed by atoms with Gasteiger partial charge in [-0.2, -0.15) is 0 Å². The summed E-state index contributed by atoms with van der Waals surface area (Å²) in [6, 6.07) is 9.01. The van der Waals surface area contributed by atoms with Gasteiger partial charge in [-0.3, -0.25) is 9.59 Å². The van der Waals surface area contributed by atoms with E-state index in [-0.39, 0.29) is 37.3 Å². The van der Waals surface area contributed by atoms with Crippen LogP contribution in [0.4, 0.5) is 5.69 Å². The fourth-order valence-corrected chi connectivity index (χ4v) is 0.978. The van der Waals surface area contributed by atoms with Gasteiger partial charge in [-0.15, -0.1) is 12.4 Å². The van der Waals surface area contributed by atoms with Gasteiger partial charge < -0.3 is 16.4 Å². The Bertz CT molecular complexity index is 343. The van der Waals surface area contributed by atoms with Gasteiger partial charge >= 0.3 is 0 Å². The summed E-state index contributed by atoms with van der Waals surface area (Å²) in [4.78, 5) is 22.0. The van der Waals surface area contributed by atoms with Gasteiger partial charge in [-0.25, -0.2) is 0 Å². The van der Waals surface area contributed by atoms with Crippen molar-refractivity contribution in [3.8, 4) is 0 Å². The minimum absolute atomic E-state index is 0. The summed E-state index contributed by atoms with van der Waals surface area (Å²) in [6.45, 7) is -0.177. The number of carbonyl (C=O) groups excluding carboxylic acids is 2. The summed E-state index contributed by atoms with van der Waals surface area (Å²) in [6.07, 6.45) is 0. The van der Waals surface area contributed by atoms with Crippen LogP contribution in [0.2, 0.25) is 0 Å². The number of carbonyl (C=O) groups is 2. The van der Waals surface area contributed by atoms with Gasteiger partial charge in [0.05, 0.1) is 13.1 Å². The molecule has 0 saturated carbocycles. The lowest BCUT2D eigenvalue weighted by Gasteiger charge is -2.05. The lowest BCUT2D eigenvalue weighted by Crippen LogP contribution is -2.36. The van der Waals surface area contributed by atoms with E-state index in [2.05, 4.69) is 10.6 Å². The van der Waals surface area contributed by atoms with Crippen LogP contribution in [0.25, 0.3) is 0 Å². The maximum atomic E-state index is 11.3. The number of amides is 2. The molecule has 0 aromatic heterocycles. The summed E-state index contributed by atoms with van der Waals surface area (Å²) in [5, 5.41) is 5.00. The summed E-state index contributed by atoms with van der Waals surface area (Å²) < 4.78 is 0. The first-order valence-corrected chi connectivity index (χ1v) is 4.54. The summed E-state index contributed by atoms with van der Waals surface area (Å²) in [7, 11) is 0. The Hall–Kier alpha value is -1.59. The van der Waals surface area contributed by atoms with Crippen LogP contribution < -0.4 is 16.4 Å². The van der Waals surface area contributed by atoms with Crippen LogP contribution in [0.15, 0.2) is 30.3 Å². The molecular formula is C10H14ClN3O2. The standard InChI is InChI=1S/C10H13N3O2.ClH/c11-6-9(14)12-7-10(15)13-8-4-2-1-3-5-8;/h1-5H,6-7,11H2,(H,12,14)(H,13,15);1H. The van der Waals surface area contributed by atoms with Crippen molar-refractivity contribution >= 4 is 29.9 Å². The predicted octanol–water partition coefficient (Wildman–Crippen LogP) is 0.122. The average molecular weight is 244 g/mol. The molecule has 0 atom stereocenters. The van der Waals surface area contributed by atoms with E-state index in [1.54, 1.807) is 12.1 Å². The number of nitrogens with two attached hydrogens (primary N) is 1. The molecule has 0 aliphatic rings. The molecule has 6 heteroatoms. The minimum atomic E-state index is -0.349. The molecular weight excluding hydrogens is 230 g/mol. The number of para-hydroxylation sites is 1. The molecule has 2 amide bonds. The molecule has 1 aromatic rings. The van der Waals surface area contributed by atoms with Crippen LogP contribution in [0.5, 0.6) is 0 Å². The maximum absolute atomic E-state index is 11.3. The number of hydrogen-bond donors (Lipinski definition) is 3. The zero-order valence-electron chi connectivity index (χ0n) is 8.60. The third-order valence-electron chi connectivity index (χ3n) is 1.69. The molecule has 0 aliphatic carbocycles. The monoisotopic (exact) mass is 243 g/mol. The Morgan fingerprint density at radius 3 is 2.31 bits per heavy atom. The molecule has 5 nitrogen and oxygen atoms in total. The topological polar surface area (TPSA) is 84.2 Å². The smallest absolute Gasteiger partial charge is 0.243 e. The molecule has 0 saturated heterocycles. The van der Waals surface area contributed by atoms with Crippen molar-refractivity contribution in [2.24, 2.45) is 5.73 Å². The van der Waals surface area contributed by atoms with E-state index in [0.717, 1.165) is 0 Å². The first-order valence-electron chi connectivity index (χ1n) is 4.54. The fraction of sp³-hybridized carbons (Fsp3) is 0.200. The number of nitrogens with one attached hydrogen (secondary N) is 2. The first-order chi connectivity index (χ1) is 7.22. The minimum Gasteiger partial charge on any atom is -0.346 e. The number of halogens is 1. The Balaban J connectivity index is 0.00000225. The van der Waals surface area contributed by atoms with Crippen LogP contribution in [0.1, 0.15) is 0 Å². The van der Waals surface area contributed by atoms with E-state index in [0.29, 0.717) is 5.69 Å². The van der Waals surface area contributed by atoms with E-state index >= 15 is 0 Å². The fourth-order valence-electron chi connectivity index (χ4n) is 0.978. The van der Waals surface area contributed by atoms with Gasteiger partial charge in [-0.05, 0) is 12.1 Å². The average Bonchev–Trinajstić information content (AvgIpc) is 2.27. The number of benzene rings is 1. The number of anilines is 1. The molecule has 1 aromatic carbocycles. The Labute approximate surface area is 99.8 Å². The van der Waals surface area contributed by atoms with Crippen LogP contribution in [0.3, 0.4) is 0 Å². The highest BCUT2D eigenvalue weighted by atomic mass is 35.5. The highest BCUT2D eigenvalue weighted by molar-refractivity contribution is 5.94. The van der Waals surface area contributed by atoms with Gasteiger partial charge in [0, 0.05) is 5.69 Å². The molecule has 0 heterocycles. The van der Waals surface area contributed by atoms with Gasteiger partial charge in [-0.1, -0.05) is 18.2 Å². The third-order valence-corrected chi connectivity index (χ3v) is 1.69. The van der Waals surface area contributed by atoms with Crippen molar-refractivity contribution in [1.29, 1.82) is 0 Å². The zero-order chi connectivity index (χ0) is 11.1. The van der Waals surface area contributed by atoms with E-state index < -0.39 is 0 Å². The van der Waals surface area contributed by atoms with Crippen molar-refractivity contribution in [1.82, 2.24) is 5.32 Å². The second-order valence-electron chi connectivity index (χ2n) is 2.90. The van der Waals surface area contributed by atoms with Crippen molar-refractivity contribution in [2.45, 2.75) is 0 Å². The van der Waals surface area contributed by atoms with Crippen LogP contribution in [-0.4, -0.2) is 24.9 Å². The molecule has 16 heavy (non-hydrogen) atoms. The lowest BCUT2D eigenvalue weighted by atomic mass is 10.3. The normalized spacial score (nSPS) is 8.81. The van der Waals surface area contributed by atoms with E-state index in [4.69, 9.17) is 5.73 Å². The molecule has 0 radical (unpaired) electrons. The predicted molar refractivity (Wildman–Crippen MR) is 64.4 cm³/mol. The molecule has 0 bridgehead atoms. The molecule has 88 valence electrons. The number of hydrogen-bond acceptors (Lipinski definition) is 3. The highest BCUT2D eigenvalue weighted by Gasteiger charge is 2.03. The van der Waals surface area contributed by atoms with Gasteiger partial charge in [0.2, 0.25) is 11.8 Å². The maximum Gasteiger partial charge on any atom is 0.243 e. The van der Waals surface area contributed by atoms with Crippen LogP contribution >= 0.6 is 12.4 Å². The molecule has 0 fully saturated rings. The van der Waals surface area contributed by atoms with E-state index in [9.17, 15) is 9.59 Å². The van der Waals surface area contributed by atoms with Crippen molar-refractivity contribution in [3.05, 3.63) is 30.3 Å². The zero-order valence-corrected chi connectivity index (χ0v) is 9.42. The van der Waals surface area contributed by atoms with E-state index in [1.165, 1.54) is 0 Å². The van der Waals surface area contributed by atoms with Crippen molar-refractivity contribution in [3.63, 3.8) is 0 Å². The Kier molecular flexibility index (Phi) is 6.91. The Morgan fingerprint density at radius 2 is 1.75 bits per heavy atom. The largest absolute Gasteiger partial charge is 0.346 e. The Morgan fingerprint density at radius 1 is 1.12 bits per heavy atom. The van der Waals surface area contributed by atoms with E-state index in [1.807, 2.05) is 18.2 Å². The highest BCUT2D eigenvalue weighted by Crippen LogP contribution is 2.03. The molecule has 0 unspecified atom stereocenters. The van der Waals surface area contributed by atoms with Crippen molar-refractivity contribution in [2.75, 3.05) is 18.4 Å². The number of rotatable bonds is 4. The van der Waals surface area contributed by atoms with Gasteiger partial charge in [0.25, 0.3) is 0 Å². The van der Waals surface area contributed by atoms with Gasteiger partial charge in [0.15, 0.2) is 0 Å². The second kappa shape index (κ2) is 7.67. The SMILES string of the molecule is Cl.NCC(=O)NCC(=O)Nc1ccccc1. The van der Waals surface area contributed by atoms with Crippen molar-refractivity contribution < 1.29 is 9.59 Å². The molecule has 4 N–H and O–H groups in total. The van der Waals surface area contributed by atoms with Crippen LogP contribution in [-0.2, 0) is 9.59 Å². The first kappa shape index (κ1) is 14.4. The molecule has 0 aliphatic heterocycles. The lowest BCUT2D eigenvalue weighted by molar-refractivity contribution is -0.123. The third kappa shape index (κ3) is 5.33. The molecule has 1 rings (SSSR count). The molecule has 0 spiro atoms. The summed E-state index contributed by atoms with van der Waals surface area (Å²) in [5.74, 6) is -0.624.